The van der Waals surface area contributed by atoms with Gasteiger partial charge in [0.2, 0.25) is 11.8 Å². The van der Waals surface area contributed by atoms with E-state index >= 15 is 0 Å². The van der Waals surface area contributed by atoms with E-state index in [-0.39, 0.29) is 23.8 Å². The molecule has 1 saturated carbocycles. The summed E-state index contributed by atoms with van der Waals surface area (Å²) in [6, 6.07) is -0.589. The van der Waals surface area contributed by atoms with E-state index in [4.69, 9.17) is 0 Å². The Bertz CT molecular complexity index is 507. The summed E-state index contributed by atoms with van der Waals surface area (Å²) in [4.78, 5) is 39.7. The van der Waals surface area contributed by atoms with E-state index in [2.05, 4.69) is 0 Å². The van der Waals surface area contributed by atoms with Crippen LogP contribution in [0.1, 0.15) is 51.9 Å². The second kappa shape index (κ2) is 6.49. The first-order chi connectivity index (χ1) is 11.0. The van der Waals surface area contributed by atoms with Gasteiger partial charge in [-0.2, -0.15) is 0 Å². The molecule has 0 unspecified atom stereocenters. The maximum Gasteiger partial charge on any atom is 0.326 e. The summed E-state index contributed by atoms with van der Waals surface area (Å²) in [5, 5.41) is 9.56. The zero-order valence-corrected chi connectivity index (χ0v) is 13.7. The lowest BCUT2D eigenvalue weighted by Gasteiger charge is -2.38. The number of aliphatic carboxylic acids is 1. The highest BCUT2D eigenvalue weighted by Crippen LogP contribution is 2.41. The topological polar surface area (TPSA) is 77.9 Å². The van der Waals surface area contributed by atoms with Crippen molar-refractivity contribution in [2.45, 2.75) is 64.0 Å². The van der Waals surface area contributed by atoms with Crippen molar-refractivity contribution in [3.63, 3.8) is 0 Å². The maximum atomic E-state index is 13.1. The van der Waals surface area contributed by atoms with Gasteiger partial charge in [-0.3, -0.25) is 9.59 Å². The molecule has 2 amide bonds. The largest absolute Gasteiger partial charge is 0.480 e. The smallest absolute Gasteiger partial charge is 0.326 e. The minimum absolute atomic E-state index is 0.00532. The van der Waals surface area contributed by atoms with Gasteiger partial charge in [-0.15, -0.1) is 0 Å². The fourth-order valence-electron chi connectivity index (χ4n) is 4.67. The summed E-state index contributed by atoms with van der Waals surface area (Å²) in [7, 11) is 0. The molecule has 1 aliphatic carbocycles. The average Bonchev–Trinajstić information content (AvgIpc) is 2.94. The van der Waals surface area contributed by atoms with Gasteiger partial charge in [0.15, 0.2) is 0 Å². The van der Waals surface area contributed by atoms with Crippen LogP contribution in [0.5, 0.6) is 0 Å². The third kappa shape index (κ3) is 3.08. The number of hydrogen-bond acceptors (Lipinski definition) is 3. The van der Waals surface area contributed by atoms with Crippen LogP contribution in [0, 0.1) is 11.8 Å². The Hall–Kier alpha value is -1.59. The molecule has 2 saturated heterocycles. The van der Waals surface area contributed by atoms with Gasteiger partial charge in [-0.1, -0.05) is 12.8 Å². The first-order valence-corrected chi connectivity index (χ1v) is 8.79. The molecule has 6 nitrogen and oxygen atoms in total. The van der Waals surface area contributed by atoms with E-state index < -0.39 is 12.0 Å². The summed E-state index contributed by atoms with van der Waals surface area (Å²) in [6.45, 7) is 2.67. The molecule has 4 atom stereocenters. The van der Waals surface area contributed by atoms with Crippen molar-refractivity contribution in [3.8, 4) is 0 Å². The molecule has 2 aliphatic heterocycles. The lowest BCUT2D eigenvalue weighted by molar-refractivity contribution is -0.153. The van der Waals surface area contributed by atoms with Crippen molar-refractivity contribution in [2.24, 2.45) is 11.8 Å². The molecule has 128 valence electrons. The monoisotopic (exact) mass is 322 g/mol. The van der Waals surface area contributed by atoms with Crippen LogP contribution >= 0.6 is 0 Å². The molecule has 0 aromatic carbocycles. The maximum absolute atomic E-state index is 13.1. The Morgan fingerprint density at radius 1 is 1.04 bits per heavy atom. The molecule has 0 aromatic heterocycles. The fourth-order valence-corrected chi connectivity index (χ4v) is 4.67. The Labute approximate surface area is 136 Å². The summed E-state index contributed by atoms with van der Waals surface area (Å²) < 4.78 is 0. The summed E-state index contributed by atoms with van der Waals surface area (Å²) >= 11 is 0. The van der Waals surface area contributed by atoms with Crippen LogP contribution in [0.15, 0.2) is 0 Å². The Kier molecular flexibility index (Phi) is 4.60. The van der Waals surface area contributed by atoms with Crippen LogP contribution < -0.4 is 0 Å². The predicted molar refractivity (Wildman–Crippen MR) is 83.6 cm³/mol. The van der Waals surface area contributed by atoms with E-state index in [1.807, 2.05) is 0 Å². The highest BCUT2D eigenvalue weighted by Gasteiger charge is 2.49. The highest BCUT2D eigenvalue weighted by atomic mass is 16.4. The molecule has 0 aromatic rings. The van der Waals surface area contributed by atoms with E-state index in [1.165, 1.54) is 6.92 Å². The molecule has 0 spiro atoms. The van der Waals surface area contributed by atoms with Gasteiger partial charge >= 0.3 is 5.97 Å². The molecule has 0 bridgehead atoms. The van der Waals surface area contributed by atoms with Crippen LogP contribution in [-0.2, 0) is 14.4 Å². The van der Waals surface area contributed by atoms with Crippen LogP contribution in [0.25, 0.3) is 0 Å². The number of nitrogens with zero attached hydrogens (tertiary/aromatic N) is 2. The number of carboxylic acid groups (broad SMARTS) is 1. The van der Waals surface area contributed by atoms with E-state index in [9.17, 15) is 19.5 Å². The first kappa shape index (κ1) is 16.3. The fraction of sp³-hybridized carbons (Fsp3) is 0.824. The Morgan fingerprint density at radius 3 is 2.48 bits per heavy atom. The van der Waals surface area contributed by atoms with E-state index in [0.29, 0.717) is 25.4 Å². The van der Waals surface area contributed by atoms with Gasteiger partial charge in [-0.05, 0) is 38.0 Å². The van der Waals surface area contributed by atoms with Crippen LogP contribution in [0.4, 0.5) is 0 Å². The molecule has 3 rings (SSSR count). The van der Waals surface area contributed by atoms with Crippen molar-refractivity contribution in [3.05, 3.63) is 0 Å². The molecule has 6 heteroatoms. The van der Waals surface area contributed by atoms with Crippen molar-refractivity contribution in [1.82, 2.24) is 9.80 Å². The van der Waals surface area contributed by atoms with E-state index in [1.54, 1.807) is 9.80 Å². The zero-order valence-electron chi connectivity index (χ0n) is 13.7. The molecule has 3 aliphatic rings. The predicted octanol–water partition coefficient (Wildman–Crippen LogP) is 1.49. The third-order valence-corrected chi connectivity index (χ3v) is 5.84. The van der Waals surface area contributed by atoms with Crippen LogP contribution in [-0.4, -0.2) is 57.9 Å². The van der Waals surface area contributed by atoms with Gasteiger partial charge in [-0.25, -0.2) is 4.79 Å². The highest BCUT2D eigenvalue weighted by molar-refractivity contribution is 5.87. The molecule has 0 radical (unpaired) electrons. The number of carbonyl (C=O) groups is 3. The molecule has 23 heavy (non-hydrogen) atoms. The number of likely N-dealkylation sites (tertiary alicyclic amines) is 2. The quantitative estimate of drug-likeness (QED) is 0.835. The molecule has 3 fully saturated rings. The summed E-state index contributed by atoms with van der Waals surface area (Å²) in [6.07, 6.45) is 6.32. The lowest BCUT2D eigenvalue weighted by Crippen LogP contribution is -2.52. The molecule has 2 heterocycles. The van der Waals surface area contributed by atoms with Crippen molar-refractivity contribution < 1.29 is 19.5 Å². The van der Waals surface area contributed by atoms with Gasteiger partial charge in [0, 0.05) is 26.1 Å². The van der Waals surface area contributed by atoms with Gasteiger partial charge in [0.05, 0.1) is 5.92 Å². The molecular weight excluding hydrogens is 296 g/mol. The second-order valence-corrected chi connectivity index (χ2v) is 7.25. The van der Waals surface area contributed by atoms with E-state index in [0.717, 1.165) is 38.5 Å². The molecule has 1 N–H and O–H groups in total. The van der Waals surface area contributed by atoms with Crippen LogP contribution in [0.2, 0.25) is 0 Å². The van der Waals surface area contributed by atoms with Gasteiger partial charge in [0.25, 0.3) is 0 Å². The number of amides is 2. The van der Waals surface area contributed by atoms with Crippen LogP contribution in [0.3, 0.4) is 0 Å². The SMILES string of the molecule is CC(=O)N1CCC[C@H](C(=O)N2[C@H](C(=O)O)C[C@@H]3CCCC[C@@H]32)C1. The lowest BCUT2D eigenvalue weighted by atomic mass is 9.84. The minimum Gasteiger partial charge on any atom is -0.480 e. The number of hydrogen-bond donors (Lipinski definition) is 1. The Morgan fingerprint density at radius 2 is 1.78 bits per heavy atom. The first-order valence-electron chi connectivity index (χ1n) is 8.79. The minimum atomic E-state index is -0.882. The second-order valence-electron chi connectivity index (χ2n) is 7.25. The van der Waals surface area contributed by atoms with Crippen molar-refractivity contribution >= 4 is 17.8 Å². The zero-order chi connectivity index (χ0) is 16.6. The molecular formula is C17H26N2O4. The number of piperidine rings is 1. The number of rotatable bonds is 2. The number of carbonyl (C=O) groups excluding carboxylic acids is 2. The third-order valence-electron chi connectivity index (χ3n) is 5.84. The summed E-state index contributed by atoms with van der Waals surface area (Å²) in [5.41, 5.74) is 0. The van der Waals surface area contributed by atoms with Gasteiger partial charge < -0.3 is 14.9 Å². The standard InChI is InChI=1S/C17H26N2O4/c1-11(20)18-8-4-6-13(10-18)16(21)19-14-7-3-2-5-12(14)9-15(19)17(22)23/h12-15H,2-10H2,1H3,(H,22,23)/t12-,13-,14-,15-/m0/s1. The number of fused-ring (bicyclic) bond motifs is 1. The average molecular weight is 322 g/mol. The van der Waals surface area contributed by atoms with Crippen molar-refractivity contribution in [1.29, 1.82) is 0 Å². The summed E-state index contributed by atoms with van der Waals surface area (Å²) in [5.74, 6) is -0.838. The van der Waals surface area contributed by atoms with Gasteiger partial charge in [0.1, 0.15) is 6.04 Å². The Balaban J connectivity index is 1.78. The van der Waals surface area contributed by atoms with Crippen molar-refractivity contribution in [2.75, 3.05) is 13.1 Å². The normalized spacial score (nSPS) is 34.1. The number of carboxylic acids is 1.